The van der Waals surface area contributed by atoms with Crippen LogP contribution >= 0.6 is 0 Å². The lowest BCUT2D eigenvalue weighted by Gasteiger charge is -2.18. The second-order valence-corrected chi connectivity index (χ2v) is 4.12. The molecular formula is C14H15NO2. The predicted octanol–water partition coefficient (Wildman–Crippen LogP) is 3.04. The first kappa shape index (κ1) is 11.5. The van der Waals surface area contributed by atoms with E-state index in [4.69, 9.17) is 4.42 Å². The molecule has 0 aliphatic rings. The first-order valence-corrected chi connectivity index (χ1v) is 5.51. The fourth-order valence-corrected chi connectivity index (χ4v) is 1.73. The molecule has 2 aromatic rings. The molecule has 0 N–H and O–H groups in total. The quantitative estimate of drug-likeness (QED) is 0.755. The van der Waals surface area contributed by atoms with Crippen molar-refractivity contribution >= 4 is 12.0 Å². The normalized spacial score (nSPS) is 10.2. The van der Waals surface area contributed by atoms with Crippen LogP contribution in [0.5, 0.6) is 0 Å². The van der Waals surface area contributed by atoms with Gasteiger partial charge in [-0.25, -0.2) is 0 Å². The van der Waals surface area contributed by atoms with Gasteiger partial charge in [-0.1, -0.05) is 12.1 Å². The van der Waals surface area contributed by atoms with Crippen LogP contribution < -0.4 is 4.90 Å². The maximum absolute atomic E-state index is 10.5. The van der Waals surface area contributed by atoms with Crippen molar-refractivity contribution in [2.24, 2.45) is 0 Å². The van der Waals surface area contributed by atoms with Crippen LogP contribution in [-0.2, 0) is 6.54 Å². The summed E-state index contributed by atoms with van der Waals surface area (Å²) in [5.74, 6) is 1.16. The number of furan rings is 1. The van der Waals surface area contributed by atoms with Crippen molar-refractivity contribution < 1.29 is 9.21 Å². The molecule has 0 atom stereocenters. The van der Waals surface area contributed by atoms with E-state index in [0.717, 1.165) is 17.7 Å². The molecule has 0 fully saturated rings. The van der Waals surface area contributed by atoms with Crippen molar-refractivity contribution in [1.29, 1.82) is 0 Å². The summed E-state index contributed by atoms with van der Waals surface area (Å²) in [4.78, 5) is 12.6. The van der Waals surface area contributed by atoms with Crippen LogP contribution in [0.3, 0.4) is 0 Å². The molecular weight excluding hydrogens is 214 g/mol. The number of benzene rings is 1. The molecule has 0 bridgehead atoms. The number of rotatable bonds is 4. The average Bonchev–Trinajstić information content (AvgIpc) is 2.77. The number of carbonyl (C=O) groups excluding carboxylic acids is 1. The van der Waals surface area contributed by atoms with E-state index in [1.807, 2.05) is 19.2 Å². The van der Waals surface area contributed by atoms with Crippen LogP contribution in [0.2, 0.25) is 0 Å². The Hall–Kier alpha value is -2.03. The number of hydrogen-bond donors (Lipinski definition) is 0. The average molecular weight is 229 g/mol. The third-order valence-corrected chi connectivity index (χ3v) is 2.63. The van der Waals surface area contributed by atoms with Crippen molar-refractivity contribution in [2.75, 3.05) is 11.9 Å². The summed E-state index contributed by atoms with van der Waals surface area (Å²) in [5, 5.41) is 0. The van der Waals surface area contributed by atoms with Crippen LogP contribution in [0.4, 0.5) is 5.69 Å². The lowest BCUT2D eigenvalue weighted by atomic mass is 10.2. The molecule has 17 heavy (non-hydrogen) atoms. The zero-order valence-electron chi connectivity index (χ0n) is 10.0. The lowest BCUT2D eigenvalue weighted by Crippen LogP contribution is -2.15. The maximum atomic E-state index is 10.5. The van der Waals surface area contributed by atoms with Crippen molar-refractivity contribution in [3.8, 4) is 0 Å². The van der Waals surface area contributed by atoms with Gasteiger partial charge in [0.2, 0.25) is 0 Å². The van der Waals surface area contributed by atoms with Crippen molar-refractivity contribution in [1.82, 2.24) is 0 Å². The van der Waals surface area contributed by atoms with Crippen LogP contribution in [0.25, 0.3) is 0 Å². The Balaban J connectivity index is 2.10. The van der Waals surface area contributed by atoms with E-state index < -0.39 is 0 Å². The minimum Gasteiger partial charge on any atom is -0.456 e. The first-order valence-electron chi connectivity index (χ1n) is 5.51. The molecule has 0 unspecified atom stereocenters. The summed E-state index contributed by atoms with van der Waals surface area (Å²) < 4.78 is 5.35. The van der Waals surface area contributed by atoms with Crippen molar-refractivity contribution in [3.05, 3.63) is 53.5 Å². The summed E-state index contributed by atoms with van der Waals surface area (Å²) in [5.41, 5.74) is 2.36. The van der Waals surface area contributed by atoms with Crippen molar-refractivity contribution in [3.63, 3.8) is 0 Å². The maximum Gasteiger partial charge on any atom is 0.185 e. The zero-order valence-corrected chi connectivity index (χ0v) is 10.0. The summed E-state index contributed by atoms with van der Waals surface area (Å²) in [6.45, 7) is 2.71. The fourth-order valence-electron chi connectivity index (χ4n) is 1.73. The van der Waals surface area contributed by atoms with Crippen molar-refractivity contribution in [2.45, 2.75) is 13.5 Å². The molecule has 0 aliphatic carbocycles. The number of anilines is 1. The predicted molar refractivity (Wildman–Crippen MR) is 67.4 cm³/mol. The summed E-state index contributed by atoms with van der Waals surface area (Å²) >= 11 is 0. The molecule has 0 amide bonds. The van der Waals surface area contributed by atoms with E-state index >= 15 is 0 Å². The Labute approximate surface area is 101 Å². The minimum atomic E-state index is 0.373. The molecule has 1 aromatic carbocycles. The highest BCUT2D eigenvalue weighted by Gasteiger charge is 2.06. The van der Waals surface area contributed by atoms with Gasteiger partial charge >= 0.3 is 0 Å². The van der Waals surface area contributed by atoms with Gasteiger partial charge in [0.25, 0.3) is 0 Å². The Bertz CT molecular complexity index is 516. The minimum absolute atomic E-state index is 0.373. The topological polar surface area (TPSA) is 33.5 Å². The summed E-state index contributed by atoms with van der Waals surface area (Å²) in [6, 6.07) is 11.8. The molecule has 3 heteroatoms. The largest absolute Gasteiger partial charge is 0.456 e. The Kier molecular flexibility index (Phi) is 3.28. The van der Waals surface area contributed by atoms with E-state index in [-0.39, 0.29) is 0 Å². The molecule has 0 spiro atoms. The third kappa shape index (κ3) is 2.75. The van der Waals surface area contributed by atoms with E-state index in [9.17, 15) is 4.79 Å². The highest BCUT2D eigenvalue weighted by atomic mass is 16.3. The number of nitrogens with zero attached hydrogens (tertiary/aromatic N) is 1. The summed E-state index contributed by atoms with van der Waals surface area (Å²) in [6.07, 6.45) is 0.718. The summed E-state index contributed by atoms with van der Waals surface area (Å²) in [7, 11) is 2.00. The molecule has 1 aromatic heterocycles. The van der Waals surface area contributed by atoms with Crippen LogP contribution in [-0.4, -0.2) is 13.3 Å². The van der Waals surface area contributed by atoms with Crippen LogP contribution in [0, 0.1) is 6.92 Å². The number of aldehydes is 1. The SMILES string of the molecule is Cc1cccc(N(C)Cc2ccc(C=O)o2)c1. The first-order chi connectivity index (χ1) is 8.19. The van der Waals surface area contributed by atoms with Gasteiger partial charge in [0.05, 0.1) is 6.54 Å². The smallest absolute Gasteiger partial charge is 0.185 e. The number of hydrogen-bond acceptors (Lipinski definition) is 3. The highest BCUT2D eigenvalue weighted by Crippen LogP contribution is 2.17. The molecule has 0 saturated carbocycles. The van der Waals surface area contributed by atoms with Gasteiger partial charge < -0.3 is 9.32 Å². The van der Waals surface area contributed by atoms with Gasteiger partial charge in [0.15, 0.2) is 12.0 Å². The van der Waals surface area contributed by atoms with Crippen LogP contribution in [0.1, 0.15) is 21.9 Å². The third-order valence-electron chi connectivity index (χ3n) is 2.63. The Morgan fingerprint density at radius 1 is 1.29 bits per heavy atom. The monoisotopic (exact) mass is 229 g/mol. The standard InChI is InChI=1S/C14H15NO2/c1-11-4-3-5-12(8-11)15(2)9-13-6-7-14(10-16)17-13/h3-8,10H,9H2,1-2H3. The van der Waals surface area contributed by atoms with Gasteiger partial charge in [-0.05, 0) is 36.8 Å². The van der Waals surface area contributed by atoms with Gasteiger partial charge in [-0.2, -0.15) is 0 Å². The van der Waals surface area contributed by atoms with Gasteiger partial charge in [-0.3, -0.25) is 4.79 Å². The molecule has 88 valence electrons. The Morgan fingerprint density at radius 2 is 2.12 bits per heavy atom. The van der Waals surface area contributed by atoms with Crippen LogP contribution in [0.15, 0.2) is 40.8 Å². The van der Waals surface area contributed by atoms with Gasteiger partial charge in [0.1, 0.15) is 5.76 Å². The number of aryl methyl sites for hydroxylation is 1. The molecule has 0 radical (unpaired) electrons. The van der Waals surface area contributed by atoms with E-state index in [1.54, 1.807) is 6.07 Å². The molecule has 1 heterocycles. The highest BCUT2D eigenvalue weighted by molar-refractivity contribution is 5.70. The molecule has 2 rings (SSSR count). The second kappa shape index (κ2) is 4.87. The Morgan fingerprint density at radius 3 is 2.76 bits per heavy atom. The zero-order chi connectivity index (χ0) is 12.3. The number of carbonyl (C=O) groups is 1. The molecule has 3 nitrogen and oxygen atoms in total. The molecule has 0 saturated heterocycles. The molecule has 0 aliphatic heterocycles. The van der Waals surface area contributed by atoms with E-state index in [0.29, 0.717) is 12.3 Å². The second-order valence-electron chi connectivity index (χ2n) is 4.12. The van der Waals surface area contributed by atoms with Gasteiger partial charge in [0, 0.05) is 12.7 Å². The van der Waals surface area contributed by atoms with E-state index in [2.05, 4.69) is 30.0 Å². The van der Waals surface area contributed by atoms with E-state index in [1.165, 1.54) is 5.56 Å². The lowest BCUT2D eigenvalue weighted by molar-refractivity contribution is 0.109. The fraction of sp³-hybridized carbons (Fsp3) is 0.214. The van der Waals surface area contributed by atoms with Gasteiger partial charge in [-0.15, -0.1) is 0 Å².